The zero-order chi connectivity index (χ0) is 15.2. The minimum Gasteiger partial charge on any atom is -0.484 e. The quantitative estimate of drug-likeness (QED) is 0.858. The third-order valence-corrected chi connectivity index (χ3v) is 3.06. The van der Waals surface area contributed by atoms with E-state index in [1.165, 1.54) is 6.07 Å². The molecular formula is C16H17FN2O2. The van der Waals surface area contributed by atoms with Gasteiger partial charge in [0.25, 0.3) is 5.91 Å². The Kier molecular flexibility index (Phi) is 4.77. The van der Waals surface area contributed by atoms with E-state index in [1.54, 1.807) is 25.1 Å². The van der Waals surface area contributed by atoms with Crippen molar-refractivity contribution in [3.05, 3.63) is 59.4 Å². The van der Waals surface area contributed by atoms with Crippen LogP contribution in [0.5, 0.6) is 5.75 Å². The predicted octanol–water partition coefficient (Wildman–Crippen LogP) is 2.61. The minimum atomic E-state index is -0.512. The fraction of sp³-hybridized carbons (Fsp3) is 0.188. The largest absolute Gasteiger partial charge is 0.484 e. The summed E-state index contributed by atoms with van der Waals surface area (Å²) in [7, 11) is 0. The van der Waals surface area contributed by atoms with Crippen molar-refractivity contribution >= 4 is 11.6 Å². The number of anilines is 1. The van der Waals surface area contributed by atoms with E-state index in [2.05, 4.69) is 5.32 Å². The number of carbonyl (C=O) groups is 1. The Balaban J connectivity index is 1.94. The van der Waals surface area contributed by atoms with E-state index in [4.69, 9.17) is 10.5 Å². The zero-order valence-corrected chi connectivity index (χ0v) is 11.7. The number of hydrogen-bond donors (Lipinski definition) is 2. The van der Waals surface area contributed by atoms with Gasteiger partial charge in [0.05, 0.1) is 0 Å². The summed E-state index contributed by atoms with van der Waals surface area (Å²) in [6.45, 7) is 2.17. The van der Waals surface area contributed by atoms with Gasteiger partial charge in [-0.05, 0) is 36.8 Å². The van der Waals surface area contributed by atoms with Crippen LogP contribution in [0.15, 0.2) is 42.5 Å². The maximum absolute atomic E-state index is 13.4. The standard InChI is InChI=1S/C16H17FN2O2/c1-11-14(17)3-2-4-15(11)19-9-12-5-7-13(8-6-12)21-10-16(18)20/h2-8,19H,9-10H2,1H3,(H2,18,20). The molecule has 0 atom stereocenters. The molecule has 0 unspecified atom stereocenters. The summed E-state index contributed by atoms with van der Waals surface area (Å²) in [4.78, 5) is 10.6. The molecule has 0 heterocycles. The summed E-state index contributed by atoms with van der Waals surface area (Å²) >= 11 is 0. The van der Waals surface area contributed by atoms with Gasteiger partial charge in [0.2, 0.25) is 0 Å². The fourth-order valence-corrected chi connectivity index (χ4v) is 1.85. The summed E-state index contributed by atoms with van der Waals surface area (Å²) in [5.74, 6) is -0.156. The molecule has 2 aromatic carbocycles. The van der Waals surface area contributed by atoms with E-state index in [0.717, 1.165) is 11.3 Å². The average Bonchev–Trinajstić information content (AvgIpc) is 2.48. The topological polar surface area (TPSA) is 64.3 Å². The lowest BCUT2D eigenvalue weighted by Gasteiger charge is -2.10. The first-order valence-electron chi connectivity index (χ1n) is 6.55. The molecule has 3 N–H and O–H groups in total. The number of amides is 1. The zero-order valence-electron chi connectivity index (χ0n) is 11.7. The van der Waals surface area contributed by atoms with Crippen molar-refractivity contribution in [1.29, 1.82) is 0 Å². The van der Waals surface area contributed by atoms with Gasteiger partial charge in [-0.3, -0.25) is 4.79 Å². The molecular weight excluding hydrogens is 271 g/mol. The molecule has 0 bridgehead atoms. The number of ether oxygens (including phenoxy) is 1. The van der Waals surface area contributed by atoms with Gasteiger partial charge in [0.1, 0.15) is 11.6 Å². The van der Waals surface area contributed by atoms with E-state index in [1.807, 2.05) is 18.2 Å². The maximum Gasteiger partial charge on any atom is 0.255 e. The highest BCUT2D eigenvalue weighted by molar-refractivity contribution is 5.75. The van der Waals surface area contributed by atoms with Crippen molar-refractivity contribution in [2.24, 2.45) is 5.73 Å². The Labute approximate surface area is 122 Å². The molecule has 4 nitrogen and oxygen atoms in total. The highest BCUT2D eigenvalue weighted by atomic mass is 19.1. The smallest absolute Gasteiger partial charge is 0.255 e. The van der Waals surface area contributed by atoms with Gasteiger partial charge in [0, 0.05) is 17.8 Å². The lowest BCUT2D eigenvalue weighted by Crippen LogP contribution is -2.19. The van der Waals surface area contributed by atoms with Crippen LogP contribution in [-0.4, -0.2) is 12.5 Å². The molecule has 1 amide bonds. The number of hydrogen-bond acceptors (Lipinski definition) is 3. The molecule has 2 aromatic rings. The Morgan fingerprint density at radius 3 is 2.62 bits per heavy atom. The lowest BCUT2D eigenvalue weighted by atomic mass is 10.1. The van der Waals surface area contributed by atoms with Crippen molar-refractivity contribution in [2.45, 2.75) is 13.5 Å². The molecule has 0 spiro atoms. The van der Waals surface area contributed by atoms with Crippen LogP contribution in [0.2, 0.25) is 0 Å². The van der Waals surface area contributed by atoms with Gasteiger partial charge in [-0.2, -0.15) is 0 Å². The van der Waals surface area contributed by atoms with Crippen LogP contribution in [0.25, 0.3) is 0 Å². The molecule has 0 saturated heterocycles. The summed E-state index contributed by atoms with van der Waals surface area (Å²) in [6.07, 6.45) is 0. The van der Waals surface area contributed by atoms with Gasteiger partial charge in [-0.1, -0.05) is 18.2 Å². The van der Waals surface area contributed by atoms with Crippen LogP contribution in [0.1, 0.15) is 11.1 Å². The molecule has 0 aromatic heterocycles. The van der Waals surface area contributed by atoms with Crippen LogP contribution in [0.3, 0.4) is 0 Å². The van der Waals surface area contributed by atoms with E-state index in [9.17, 15) is 9.18 Å². The molecule has 110 valence electrons. The van der Waals surface area contributed by atoms with Crippen molar-refractivity contribution < 1.29 is 13.9 Å². The Hall–Kier alpha value is -2.56. The van der Waals surface area contributed by atoms with Crippen LogP contribution in [-0.2, 0) is 11.3 Å². The van der Waals surface area contributed by atoms with Crippen LogP contribution >= 0.6 is 0 Å². The number of halogens is 1. The number of carbonyl (C=O) groups excluding carboxylic acids is 1. The first-order valence-corrected chi connectivity index (χ1v) is 6.55. The van der Waals surface area contributed by atoms with Gasteiger partial charge >= 0.3 is 0 Å². The third-order valence-electron chi connectivity index (χ3n) is 3.06. The molecule has 0 aliphatic heterocycles. The van der Waals surface area contributed by atoms with Crippen molar-refractivity contribution in [2.75, 3.05) is 11.9 Å². The molecule has 0 aliphatic rings. The first-order chi connectivity index (χ1) is 10.1. The first kappa shape index (κ1) is 14.8. The van der Waals surface area contributed by atoms with Crippen molar-refractivity contribution in [1.82, 2.24) is 0 Å². The molecule has 0 aliphatic carbocycles. The van der Waals surface area contributed by atoms with Gasteiger partial charge in [-0.25, -0.2) is 4.39 Å². The SMILES string of the molecule is Cc1c(F)cccc1NCc1ccc(OCC(N)=O)cc1. The summed E-state index contributed by atoms with van der Waals surface area (Å²) in [5, 5.41) is 3.18. The molecule has 2 rings (SSSR count). The molecule has 5 heteroatoms. The second kappa shape index (κ2) is 6.74. The molecule has 21 heavy (non-hydrogen) atoms. The number of benzene rings is 2. The lowest BCUT2D eigenvalue weighted by molar-refractivity contribution is -0.119. The highest BCUT2D eigenvalue weighted by Gasteiger charge is 2.03. The third kappa shape index (κ3) is 4.21. The predicted molar refractivity (Wildman–Crippen MR) is 79.6 cm³/mol. The molecule has 0 fully saturated rings. The number of primary amides is 1. The fourth-order valence-electron chi connectivity index (χ4n) is 1.85. The van der Waals surface area contributed by atoms with Crippen LogP contribution in [0.4, 0.5) is 10.1 Å². The van der Waals surface area contributed by atoms with E-state index < -0.39 is 5.91 Å². The van der Waals surface area contributed by atoms with Crippen LogP contribution < -0.4 is 15.8 Å². The van der Waals surface area contributed by atoms with E-state index in [0.29, 0.717) is 17.9 Å². The van der Waals surface area contributed by atoms with Crippen molar-refractivity contribution in [3.63, 3.8) is 0 Å². The van der Waals surface area contributed by atoms with Gasteiger partial charge in [0.15, 0.2) is 6.61 Å². The maximum atomic E-state index is 13.4. The minimum absolute atomic E-state index is 0.139. The number of nitrogens with two attached hydrogens (primary N) is 1. The van der Waals surface area contributed by atoms with Gasteiger partial charge in [-0.15, -0.1) is 0 Å². The van der Waals surface area contributed by atoms with Gasteiger partial charge < -0.3 is 15.8 Å². The summed E-state index contributed by atoms with van der Waals surface area (Å²) in [5.41, 5.74) is 7.39. The Morgan fingerprint density at radius 1 is 1.24 bits per heavy atom. The Bertz CT molecular complexity index is 627. The number of nitrogens with one attached hydrogen (secondary N) is 1. The van der Waals surface area contributed by atoms with Crippen molar-refractivity contribution in [3.8, 4) is 5.75 Å². The summed E-state index contributed by atoms with van der Waals surface area (Å²) < 4.78 is 18.6. The normalized spacial score (nSPS) is 10.2. The van der Waals surface area contributed by atoms with Crippen LogP contribution in [0, 0.1) is 12.7 Å². The Morgan fingerprint density at radius 2 is 1.95 bits per heavy atom. The second-order valence-corrected chi connectivity index (χ2v) is 4.66. The highest BCUT2D eigenvalue weighted by Crippen LogP contribution is 2.19. The number of rotatable bonds is 6. The molecule has 0 saturated carbocycles. The molecule has 0 radical (unpaired) electrons. The summed E-state index contributed by atoms with van der Waals surface area (Å²) in [6, 6.07) is 12.2. The van der Waals surface area contributed by atoms with E-state index >= 15 is 0 Å². The second-order valence-electron chi connectivity index (χ2n) is 4.66. The van der Waals surface area contributed by atoms with E-state index in [-0.39, 0.29) is 12.4 Å². The monoisotopic (exact) mass is 288 g/mol. The average molecular weight is 288 g/mol.